The van der Waals surface area contributed by atoms with Gasteiger partial charge in [0.2, 0.25) is 5.95 Å². The third kappa shape index (κ3) is 4.15. The average molecular weight is 367 g/mol. The lowest BCUT2D eigenvalue weighted by atomic mass is 9.96. The van der Waals surface area contributed by atoms with Crippen LogP contribution in [0.4, 0.5) is 17.5 Å². The van der Waals surface area contributed by atoms with Crippen LogP contribution < -0.4 is 15.1 Å². The van der Waals surface area contributed by atoms with Gasteiger partial charge in [0, 0.05) is 37.9 Å². The van der Waals surface area contributed by atoms with Crippen LogP contribution in [0.5, 0.6) is 0 Å². The van der Waals surface area contributed by atoms with Gasteiger partial charge >= 0.3 is 0 Å². The van der Waals surface area contributed by atoms with Gasteiger partial charge in [-0.05, 0) is 43.9 Å². The Morgan fingerprint density at radius 3 is 2.48 bits per heavy atom. The van der Waals surface area contributed by atoms with Crippen LogP contribution in [-0.4, -0.2) is 47.4 Å². The highest BCUT2D eigenvalue weighted by Gasteiger charge is 2.21. The third-order valence-corrected chi connectivity index (χ3v) is 6.00. The van der Waals surface area contributed by atoms with E-state index in [2.05, 4.69) is 57.4 Å². The molecule has 0 amide bonds. The number of hydrogen-bond donors (Lipinski definition) is 1. The molecule has 0 radical (unpaired) electrons. The van der Waals surface area contributed by atoms with Crippen LogP contribution in [0.1, 0.15) is 43.2 Å². The summed E-state index contributed by atoms with van der Waals surface area (Å²) in [5, 5.41) is 11.9. The Bertz CT molecular complexity index is 763. The predicted molar refractivity (Wildman–Crippen MR) is 111 cm³/mol. The standard InChI is InChI=1S/C21H30N6/c1-16-7-6-10-19(17(16)2)26-11-13-27(14-12-26)20-15-22-25-21(24-20)23-18-8-4-3-5-9-18/h6-7,10,15,18H,3-5,8-9,11-14H2,1-2H3,(H,23,24,25). The lowest BCUT2D eigenvalue weighted by Gasteiger charge is -2.37. The first kappa shape index (κ1) is 18.0. The monoisotopic (exact) mass is 366 g/mol. The van der Waals surface area contributed by atoms with Crippen LogP contribution in [0.15, 0.2) is 24.4 Å². The first-order valence-electron chi connectivity index (χ1n) is 10.2. The molecule has 6 heteroatoms. The fraction of sp³-hybridized carbons (Fsp3) is 0.571. The van der Waals surface area contributed by atoms with Crippen molar-refractivity contribution in [3.8, 4) is 0 Å². The van der Waals surface area contributed by atoms with E-state index in [9.17, 15) is 0 Å². The first-order valence-corrected chi connectivity index (χ1v) is 10.2. The molecule has 2 heterocycles. The maximum atomic E-state index is 4.74. The van der Waals surface area contributed by atoms with E-state index in [-0.39, 0.29) is 0 Å². The predicted octanol–water partition coefficient (Wildman–Crippen LogP) is 3.56. The Hall–Kier alpha value is -2.37. The van der Waals surface area contributed by atoms with Crippen LogP contribution in [0.25, 0.3) is 0 Å². The van der Waals surface area contributed by atoms with E-state index in [0.717, 1.165) is 32.0 Å². The average Bonchev–Trinajstić information content (AvgIpc) is 2.71. The summed E-state index contributed by atoms with van der Waals surface area (Å²) in [6, 6.07) is 7.07. The lowest BCUT2D eigenvalue weighted by Crippen LogP contribution is -2.47. The molecular formula is C21H30N6. The summed E-state index contributed by atoms with van der Waals surface area (Å²) in [4.78, 5) is 9.55. The Morgan fingerprint density at radius 1 is 0.963 bits per heavy atom. The molecule has 0 unspecified atom stereocenters. The van der Waals surface area contributed by atoms with E-state index >= 15 is 0 Å². The number of anilines is 3. The second-order valence-corrected chi connectivity index (χ2v) is 7.81. The molecule has 2 aromatic rings. The van der Waals surface area contributed by atoms with E-state index < -0.39 is 0 Å². The normalized spacial score (nSPS) is 18.6. The maximum absolute atomic E-state index is 4.74. The zero-order valence-corrected chi connectivity index (χ0v) is 16.5. The number of nitrogens with zero attached hydrogens (tertiary/aromatic N) is 5. The lowest BCUT2D eigenvalue weighted by molar-refractivity contribution is 0.460. The van der Waals surface area contributed by atoms with Crippen molar-refractivity contribution in [1.82, 2.24) is 15.2 Å². The number of hydrogen-bond acceptors (Lipinski definition) is 6. The largest absolute Gasteiger partial charge is 0.368 e. The zero-order valence-electron chi connectivity index (χ0n) is 16.5. The van der Waals surface area contributed by atoms with Crippen molar-refractivity contribution in [3.05, 3.63) is 35.5 Å². The van der Waals surface area contributed by atoms with Gasteiger partial charge in [0.1, 0.15) is 0 Å². The van der Waals surface area contributed by atoms with Gasteiger partial charge in [-0.3, -0.25) is 0 Å². The van der Waals surface area contributed by atoms with Crippen molar-refractivity contribution >= 4 is 17.5 Å². The van der Waals surface area contributed by atoms with Gasteiger partial charge in [0.25, 0.3) is 0 Å². The highest BCUT2D eigenvalue weighted by atomic mass is 15.3. The van der Waals surface area contributed by atoms with Crippen LogP contribution in [-0.2, 0) is 0 Å². The number of nitrogens with one attached hydrogen (secondary N) is 1. The summed E-state index contributed by atoms with van der Waals surface area (Å²) in [6.45, 7) is 8.31. The molecule has 6 nitrogen and oxygen atoms in total. The Balaban J connectivity index is 1.39. The number of rotatable bonds is 4. The van der Waals surface area contributed by atoms with E-state index in [1.807, 2.05) is 0 Å². The van der Waals surface area contributed by atoms with Crippen LogP contribution in [0.3, 0.4) is 0 Å². The topological polar surface area (TPSA) is 57.2 Å². The van der Waals surface area contributed by atoms with Gasteiger partial charge in [0.15, 0.2) is 5.82 Å². The minimum atomic E-state index is 0.497. The molecule has 2 aliphatic rings. The molecule has 1 aliphatic carbocycles. The quantitative estimate of drug-likeness (QED) is 0.893. The summed E-state index contributed by atoms with van der Waals surface area (Å²) in [5.41, 5.74) is 4.09. The third-order valence-electron chi connectivity index (χ3n) is 6.00. The maximum Gasteiger partial charge on any atom is 0.244 e. The molecule has 1 saturated carbocycles. The van der Waals surface area contributed by atoms with Gasteiger partial charge in [-0.25, -0.2) is 0 Å². The van der Waals surface area contributed by atoms with Gasteiger partial charge in [-0.1, -0.05) is 31.4 Å². The van der Waals surface area contributed by atoms with Crippen molar-refractivity contribution in [1.29, 1.82) is 0 Å². The summed E-state index contributed by atoms with van der Waals surface area (Å²) < 4.78 is 0. The second kappa shape index (κ2) is 8.11. The molecule has 0 bridgehead atoms. The van der Waals surface area contributed by atoms with Crippen molar-refractivity contribution in [2.45, 2.75) is 52.0 Å². The van der Waals surface area contributed by atoms with Gasteiger partial charge < -0.3 is 15.1 Å². The molecule has 0 atom stereocenters. The number of benzene rings is 1. The van der Waals surface area contributed by atoms with Crippen molar-refractivity contribution in [2.24, 2.45) is 0 Å². The summed E-state index contributed by atoms with van der Waals surface area (Å²) >= 11 is 0. The molecule has 144 valence electrons. The smallest absolute Gasteiger partial charge is 0.244 e. The minimum Gasteiger partial charge on any atom is -0.368 e. The summed E-state index contributed by atoms with van der Waals surface area (Å²) in [7, 11) is 0. The second-order valence-electron chi connectivity index (χ2n) is 7.81. The van der Waals surface area contributed by atoms with Gasteiger partial charge in [-0.15, -0.1) is 5.10 Å². The summed E-state index contributed by atoms with van der Waals surface area (Å²) in [6.07, 6.45) is 8.15. The van der Waals surface area contributed by atoms with Crippen LogP contribution in [0.2, 0.25) is 0 Å². The molecule has 4 rings (SSSR count). The minimum absolute atomic E-state index is 0.497. The molecule has 1 aromatic heterocycles. The van der Waals surface area contributed by atoms with Crippen LogP contribution in [0, 0.1) is 13.8 Å². The molecule has 2 fully saturated rings. The molecule has 1 saturated heterocycles. The van der Waals surface area contributed by atoms with E-state index in [0.29, 0.717) is 12.0 Å². The summed E-state index contributed by atoms with van der Waals surface area (Å²) in [5.74, 6) is 1.61. The SMILES string of the molecule is Cc1cccc(N2CCN(c3cnnc(NC4CCCCC4)n3)CC2)c1C. The fourth-order valence-corrected chi connectivity index (χ4v) is 4.19. The fourth-order valence-electron chi connectivity index (χ4n) is 4.19. The van der Waals surface area contributed by atoms with Crippen molar-refractivity contribution in [2.75, 3.05) is 41.3 Å². The highest BCUT2D eigenvalue weighted by Crippen LogP contribution is 2.25. The molecule has 1 aromatic carbocycles. The van der Waals surface area contributed by atoms with Gasteiger partial charge in [-0.2, -0.15) is 10.1 Å². The molecule has 1 N–H and O–H groups in total. The number of aryl methyl sites for hydroxylation is 1. The number of piperazine rings is 1. The number of aromatic nitrogens is 3. The Labute approximate surface area is 162 Å². The van der Waals surface area contributed by atoms with E-state index in [4.69, 9.17) is 4.98 Å². The van der Waals surface area contributed by atoms with Crippen LogP contribution >= 0.6 is 0 Å². The van der Waals surface area contributed by atoms with Crippen molar-refractivity contribution < 1.29 is 0 Å². The van der Waals surface area contributed by atoms with Crippen molar-refractivity contribution in [3.63, 3.8) is 0 Å². The molecule has 27 heavy (non-hydrogen) atoms. The molecule has 0 spiro atoms. The zero-order chi connectivity index (χ0) is 18.6. The molecular weight excluding hydrogens is 336 g/mol. The van der Waals surface area contributed by atoms with Gasteiger partial charge in [0.05, 0.1) is 6.20 Å². The van der Waals surface area contributed by atoms with E-state index in [1.165, 1.54) is 48.9 Å². The Kier molecular flexibility index (Phi) is 5.41. The first-order chi connectivity index (χ1) is 13.2. The Morgan fingerprint density at radius 2 is 1.70 bits per heavy atom. The van der Waals surface area contributed by atoms with E-state index in [1.54, 1.807) is 6.20 Å². The molecule has 1 aliphatic heterocycles. The highest BCUT2D eigenvalue weighted by molar-refractivity contribution is 5.57.